The first-order chi connectivity index (χ1) is 7.15. The van der Waals surface area contributed by atoms with Crippen LogP contribution in [0.4, 0.5) is 0 Å². The van der Waals surface area contributed by atoms with Crippen molar-refractivity contribution in [2.24, 2.45) is 5.92 Å². The molecule has 0 saturated carbocycles. The molecule has 0 aromatic rings. The number of halogens is 1. The first kappa shape index (κ1) is 16.2. The predicted octanol–water partition coefficient (Wildman–Crippen LogP) is 2.75. The molecule has 0 aliphatic rings. The standard InChI is InChI=1S/C11H24ClNO2S/c1-6-9(7-2)10(12)8-13-16(14,15)11(3,4)5/h9-10,13H,6-8H2,1-5H3. The fraction of sp³-hybridized carbons (Fsp3) is 1.00. The molecule has 0 heterocycles. The largest absolute Gasteiger partial charge is 0.216 e. The van der Waals surface area contributed by atoms with Crippen molar-refractivity contribution in [2.75, 3.05) is 6.54 Å². The van der Waals surface area contributed by atoms with Gasteiger partial charge >= 0.3 is 0 Å². The second-order valence-corrected chi connectivity index (χ2v) is 8.14. The molecule has 0 aliphatic carbocycles. The minimum atomic E-state index is -3.28. The summed E-state index contributed by atoms with van der Waals surface area (Å²) >= 11 is 6.18. The summed E-state index contributed by atoms with van der Waals surface area (Å²) < 4.78 is 25.4. The van der Waals surface area contributed by atoms with E-state index < -0.39 is 14.8 Å². The molecular weight excluding hydrogens is 246 g/mol. The number of hydrogen-bond acceptors (Lipinski definition) is 2. The highest BCUT2D eigenvalue weighted by atomic mass is 35.5. The summed E-state index contributed by atoms with van der Waals surface area (Å²) in [5, 5.41) is -0.132. The van der Waals surface area contributed by atoms with Crippen LogP contribution in [0.5, 0.6) is 0 Å². The fourth-order valence-electron chi connectivity index (χ4n) is 1.37. The lowest BCUT2D eigenvalue weighted by molar-refractivity contribution is 0.457. The maximum Gasteiger partial charge on any atom is 0.216 e. The molecule has 1 unspecified atom stereocenters. The molecular formula is C11H24ClNO2S. The third kappa shape index (κ3) is 4.60. The zero-order valence-electron chi connectivity index (χ0n) is 10.9. The molecule has 0 radical (unpaired) electrons. The zero-order chi connectivity index (χ0) is 13.0. The Balaban J connectivity index is 4.36. The van der Waals surface area contributed by atoms with Crippen molar-refractivity contribution in [3.63, 3.8) is 0 Å². The third-order valence-electron chi connectivity index (χ3n) is 2.83. The van der Waals surface area contributed by atoms with Gasteiger partial charge in [0.1, 0.15) is 0 Å². The van der Waals surface area contributed by atoms with Crippen molar-refractivity contribution < 1.29 is 8.42 Å². The lowest BCUT2D eigenvalue weighted by atomic mass is 9.99. The summed E-state index contributed by atoms with van der Waals surface area (Å²) in [4.78, 5) is 0. The average molecular weight is 270 g/mol. The highest BCUT2D eigenvalue weighted by molar-refractivity contribution is 7.90. The lowest BCUT2D eigenvalue weighted by Crippen LogP contribution is -2.42. The van der Waals surface area contributed by atoms with Gasteiger partial charge in [-0.1, -0.05) is 26.7 Å². The van der Waals surface area contributed by atoms with E-state index in [4.69, 9.17) is 11.6 Å². The molecule has 0 aliphatic heterocycles. The van der Waals surface area contributed by atoms with E-state index in [1.165, 1.54) is 0 Å². The van der Waals surface area contributed by atoms with E-state index in [0.29, 0.717) is 12.5 Å². The molecule has 98 valence electrons. The maximum atomic E-state index is 11.8. The molecule has 0 spiro atoms. The van der Waals surface area contributed by atoms with Gasteiger partial charge in [-0.15, -0.1) is 11.6 Å². The maximum absolute atomic E-state index is 11.8. The Kier molecular flexibility index (Phi) is 6.30. The van der Waals surface area contributed by atoms with Crippen molar-refractivity contribution >= 4 is 21.6 Å². The monoisotopic (exact) mass is 269 g/mol. The molecule has 5 heteroatoms. The van der Waals surface area contributed by atoms with Gasteiger partial charge in [0.25, 0.3) is 0 Å². The van der Waals surface area contributed by atoms with Gasteiger partial charge in [0.15, 0.2) is 0 Å². The van der Waals surface area contributed by atoms with Crippen LogP contribution in [0.2, 0.25) is 0 Å². The van der Waals surface area contributed by atoms with Crippen molar-refractivity contribution in [2.45, 2.75) is 57.6 Å². The Morgan fingerprint density at radius 3 is 1.94 bits per heavy atom. The van der Waals surface area contributed by atoms with E-state index in [-0.39, 0.29) is 5.38 Å². The van der Waals surface area contributed by atoms with E-state index in [0.717, 1.165) is 12.8 Å². The summed E-state index contributed by atoms with van der Waals surface area (Å²) in [5.41, 5.74) is 0. The van der Waals surface area contributed by atoms with Crippen LogP contribution < -0.4 is 4.72 Å². The minimum Gasteiger partial charge on any atom is -0.213 e. The van der Waals surface area contributed by atoms with Gasteiger partial charge in [0, 0.05) is 11.9 Å². The van der Waals surface area contributed by atoms with Gasteiger partial charge in [-0.2, -0.15) is 0 Å². The van der Waals surface area contributed by atoms with Gasteiger partial charge in [-0.3, -0.25) is 0 Å². The van der Waals surface area contributed by atoms with Crippen LogP contribution in [0.15, 0.2) is 0 Å². The molecule has 1 N–H and O–H groups in total. The summed E-state index contributed by atoms with van der Waals surface area (Å²) in [7, 11) is -3.28. The van der Waals surface area contributed by atoms with Crippen LogP contribution in [-0.2, 0) is 10.0 Å². The zero-order valence-corrected chi connectivity index (χ0v) is 12.5. The number of nitrogens with one attached hydrogen (secondary N) is 1. The summed E-state index contributed by atoms with van der Waals surface area (Å²) in [5.74, 6) is 0.365. The average Bonchev–Trinajstić information content (AvgIpc) is 2.15. The molecule has 0 fully saturated rings. The first-order valence-electron chi connectivity index (χ1n) is 5.79. The van der Waals surface area contributed by atoms with Crippen LogP contribution >= 0.6 is 11.6 Å². The minimum absolute atomic E-state index is 0.132. The quantitative estimate of drug-likeness (QED) is 0.754. The van der Waals surface area contributed by atoms with Crippen molar-refractivity contribution in [1.29, 1.82) is 0 Å². The first-order valence-corrected chi connectivity index (χ1v) is 7.71. The van der Waals surface area contributed by atoms with Crippen LogP contribution in [0, 0.1) is 5.92 Å². The highest BCUT2D eigenvalue weighted by Crippen LogP contribution is 2.19. The molecule has 1 atom stereocenters. The fourth-order valence-corrected chi connectivity index (χ4v) is 2.73. The van der Waals surface area contributed by atoms with Gasteiger partial charge in [0.2, 0.25) is 10.0 Å². The van der Waals surface area contributed by atoms with Crippen LogP contribution in [0.1, 0.15) is 47.5 Å². The summed E-state index contributed by atoms with van der Waals surface area (Å²) in [6.45, 7) is 9.48. The molecule has 3 nitrogen and oxygen atoms in total. The lowest BCUT2D eigenvalue weighted by Gasteiger charge is -2.23. The Labute approximate surface area is 105 Å². The topological polar surface area (TPSA) is 46.2 Å². The molecule has 0 aromatic heterocycles. The second kappa shape index (κ2) is 6.22. The third-order valence-corrected chi connectivity index (χ3v) is 5.50. The normalized spacial score (nSPS) is 15.4. The van der Waals surface area contributed by atoms with Crippen LogP contribution in [0.25, 0.3) is 0 Å². The molecule has 0 amide bonds. The Hall–Kier alpha value is 0.200. The van der Waals surface area contributed by atoms with Crippen molar-refractivity contribution in [3.05, 3.63) is 0 Å². The number of hydrogen-bond donors (Lipinski definition) is 1. The van der Waals surface area contributed by atoms with Crippen molar-refractivity contribution in [1.82, 2.24) is 4.72 Å². The van der Waals surface area contributed by atoms with E-state index in [1.54, 1.807) is 20.8 Å². The molecule has 0 saturated heterocycles. The van der Waals surface area contributed by atoms with E-state index in [1.807, 2.05) is 0 Å². The second-order valence-electron chi connectivity index (χ2n) is 5.06. The van der Waals surface area contributed by atoms with Gasteiger partial charge in [-0.25, -0.2) is 13.1 Å². The van der Waals surface area contributed by atoms with E-state index in [9.17, 15) is 8.42 Å². The summed E-state index contributed by atoms with van der Waals surface area (Å²) in [6.07, 6.45) is 1.95. The smallest absolute Gasteiger partial charge is 0.213 e. The van der Waals surface area contributed by atoms with Gasteiger partial charge in [-0.05, 0) is 26.7 Å². The number of alkyl halides is 1. The molecule has 16 heavy (non-hydrogen) atoms. The van der Waals surface area contributed by atoms with E-state index in [2.05, 4.69) is 18.6 Å². The SMILES string of the molecule is CCC(CC)C(Cl)CNS(=O)(=O)C(C)(C)C. The predicted molar refractivity (Wildman–Crippen MR) is 70.4 cm³/mol. The van der Waals surface area contributed by atoms with Crippen LogP contribution in [-0.4, -0.2) is 25.1 Å². The Morgan fingerprint density at radius 2 is 1.62 bits per heavy atom. The number of sulfonamides is 1. The van der Waals surface area contributed by atoms with Gasteiger partial charge in [0.05, 0.1) is 4.75 Å². The highest BCUT2D eigenvalue weighted by Gasteiger charge is 2.29. The Morgan fingerprint density at radius 1 is 1.19 bits per heavy atom. The van der Waals surface area contributed by atoms with Crippen LogP contribution in [0.3, 0.4) is 0 Å². The molecule has 0 aromatic carbocycles. The molecule has 0 bridgehead atoms. The number of rotatable bonds is 6. The van der Waals surface area contributed by atoms with E-state index >= 15 is 0 Å². The Bertz CT molecular complexity index is 292. The molecule has 0 rings (SSSR count). The van der Waals surface area contributed by atoms with Gasteiger partial charge < -0.3 is 0 Å². The van der Waals surface area contributed by atoms with Crippen molar-refractivity contribution in [3.8, 4) is 0 Å². The summed E-state index contributed by atoms with van der Waals surface area (Å²) in [6, 6.07) is 0.